The second kappa shape index (κ2) is 10.9. The maximum Gasteiger partial charge on any atom is 0.409 e. The van der Waals surface area contributed by atoms with Gasteiger partial charge in [0.1, 0.15) is 23.7 Å². The lowest BCUT2D eigenvalue weighted by molar-refractivity contribution is -0.151. The van der Waals surface area contributed by atoms with Crippen LogP contribution < -0.4 is 4.74 Å². The van der Waals surface area contributed by atoms with Gasteiger partial charge < -0.3 is 19.5 Å². The first-order chi connectivity index (χ1) is 16.1. The van der Waals surface area contributed by atoms with Crippen molar-refractivity contribution in [2.45, 2.75) is 65.6 Å². The van der Waals surface area contributed by atoms with Crippen LogP contribution in [-0.2, 0) is 23.2 Å². The maximum atomic E-state index is 12.3. The second-order valence-electron chi connectivity index (χ2n) is 9.89. The SMILES string of the molecule is CC(C)CCN(C)C(=O)OCc1c(-c2ccc(O[C@@H]3CCC[C@@](C)(C(=O)O)C3)cc2)nnn1C. The highest BCUT2D eigenvalue weighted by Crippen LogP contribution is 2.38. The molecule has 1 heterocycles. The predicted molar refractivity (Wildman–Crippen MR) is 127 cm³/mol. The number of aromatic nitrogens is 3. The molecular formula is C25H36N4O5. The number of aliphatic carboxylic acids is 1. The Kier molecular flexibility index (Phi) is 8.17. The maximum absolute atomic E-state index is 12.3. The number of carboxylic acids is 1. The van der Waals surface area contributed by atoms with Crippen LogP contribution in [-0.4, -0.2) is 56.8 Å². The van der Waals surface area contributed by atoms with Crippen molar-refractivity contribution in [2.75, 3.05) is 13.6 Å². The monoisotopic (exact) mass is 472 g/mol. The minimum Gasteiger partial charge on any atom is -0.490 e. The molecule has 0 unspecified atom stereocenters. The van der Waals surface area contributed by atoms with Crippen LogP contribution in [0.5, 0.6) is 5.75 Å². The zero-order chi connectivity index (χ0) is 24.9. The average Bonchev–Trinajstić information content (AvgIpc) is 3.16. The Morgan fingerprint density at radius 1 is 1.29 bits per heavy atom. The highest BCUT2D eigenvalue weighted by molar-refractivity contribution is 5.74. The second-order valence-corrected chi connectivity index (χ2v) is 9.89. The number of aryl methyl sites for hydroxylation is 1. The van der Waals surface area contributed by atoms with E-state index in [2.05, 4.69) is 24.2 Å². The Bertz CT molecular complexity index is 988. The summed E-state index contributed by atoms with van der Waals surface area (Å²) in [5.74, 6) is 0.431. The van der Waals surface area contributed by atoms with Gasteiger partial charge >= 0.3 is 12.1 Å². The lowest BCUT2D eigenvalue weighted by Gasteiger charge is -2.34. The van der Waals surface area contributed by atoms with Gasteiger partial charge in [0.25, 0.3) is 0 Å². The molecule has 186 valence electrons. The van der Waals surface area contributed by atoms with Crippen LogP contribution in [0.2, 0.25) is 0 Å². The van der Waals surface area contributed by atoms with Crippen LogP contribution in [0.25, 0.3) is 11.3 Å². The molecule has 1 aromatic carbocycles. The molecule has 0 spiro atoms. The Labute approximate surface area is 201 Å². The van der Waals surface area contributed by atoms with Crippen molar-refractivity contribution < 1.29 is 24.2 Å². The third-order valence-electron chi connectivity index (χ3n) is 6.51. The van der Waals surface area contributed by atoms with Crippen LogP contribution in [0, 0.1) is 11.3 Å². The van der Waals surface area contributed by atoms with Crippen LogP contribution >= 0.6 is 0 Å². The number of benzene rings is 1. The number of ether oxygens (including phenoxy) is 2. The first kappa shape index (κ1) is 25.5. The number of carboxylic acid groups (broad SMARTS) is 1. The van der Waals surface area contributed by atoms with Gasteiger partial charge in [0, 0.05) is 32.6 Å². The van der Waals surface area contributed by atoms with Gasteiger partial charge in [-0.25, -0.2) is 9.48 Å². The molecule has 1 aliphatic rings. The minimum absolute atomic E-state index is 0.0672. The third-order valence-corrected chi connectivity index (χ3v) is 6.51. The number of hydrogen-bond acceptors (Lipinski definition) is 6. The fourth-order valence-corrected chi connectivity index (χ4v) is 4.15. The molecule has 1 aliphatic carbocycles. The molecule has 0 radical (unpaired) electrons. The number of nitrogens with zero attached hydrogens (tertiary/aromatic N) is 4. The number of hydrogen-bond donors (Lipinski definition) is 1. The van der Waals surface area contributed by atoms with Gasteiger partial charge in [-0.3, -0.25) is 4.79 Å². The summed E-state index contributed by atoms with van der Waals surface area (Å²) in [6, 6.07) is 7.48. The Balaban J connectivity index is 1.63. The smallest absolute Gasteiger partial charge is 0.409 e. The first-order valence-electron chi connectivity index (χ1n) is 11.9. The standard InChI is InChI=1S/C25H36N4O5/c1-17(2)12-14-28(4)24(32)33-16-21-22(26-27-29(21)5)18-8-10-19(11-9-18)34-20-7-6-13-25(3,15-20)23(30)31/h8-11,17,20H,6-7,12-16H2,1-5H3,(H,30,31)/t20-,25-/m1/s1. The number of amides is 1. The van der Waals surface area contributed by atoms with E-state index in [9.17, 15) is 14.7 Å². The number of carbonyl (C=O) groups excluding carboxylic acids is 1. The van der Waals surface area contributed by atoms with Crippen molar-refractivity contribution >= 4 is 12.1 Å². The molecule has 2 aromatic rings. The molecule has 0 bridgehead atoms. The first-order valence-corrected chi connectivity index (χ1v) is 11.9. The van der Waals surface area contributed by atoms with Gasteiger partial charge in [0.05, 0.1) is 11.5 Å². The summed E-state index contributed by atoms with van der Waals surface area (Å²) in [6.07, 6.45) is 3.26. The lowest BCUT2D eigenvalue weighted by atomic mass is 9.74. The molecule has 9 nitrogen and oxygen atoms in total. The summed E-state index contributed by atoms with van der Waals surface area (Å²) in [6.45, 7) is 6.73. The molecule has 9 heteroatoms. The zero-order valence-electron chi connectivity index (χ0n) is 20.8. The van der Waals surface area contributed by atoms with Gasteiger partial charge in [-0.05, 0) is 62.8 Å². The molecule has 1 saturated carbocycles. The normalized spacial score (nSPS) is 20.2. The minimum atomic E-state index is -0.766. The van der Waals surface area contributed by atoms with Gasteiger partial charge in [0.15, 0.2) is 0 Å². The topological polar surface area (TPSA) is 107 Å². The molecule has 34 heavy (non-hydrogen) atoms. The molecule has 1 amide bonds. The van der Waals surface area contributed by atoms with E-state index in [1.165, 1.54) is 0 Å². The predicted octanol–water partition coefficient (Wildman–Crippen LogP) is 4.51. The van der Waals surface area contributed by atoms with Crippen molar-refractivity contribution in [2.24, 2.45) is 18.4 Å². The highest BCUT2D eigenvalue weighted by Gasteiger charge is 2.39. The van der Waals surface area contributed by atoms with Crippen molar-refractivity contribution in [1.29, 1.82) is 0 Å². The number of carbonyl (C=O) groups is 2. The lowest BCUT2D eigenvalue weighted by Crippen LogP contribution is -2.37. The Morgan fingerprint density at radius 3 is 2.65 bits per heavy atom. The summed E-state index contributed by atoms with van der Waals surface area (Å²) >= 11 is 0. The fourth-order valence-electron chi connectivity index (χ4n) is 4.15. The van der Waals surface area contributed by atoms with Crippen molar-refractivity contribution in [3.05, 3.63) is 30.0 Å². The number of rotatable bonds is 9. The van der Waals surface area contributed by atoms with Crippen LogP contribution in [0.3, 0.4) is 0 Å². The van der Waals surface area contributed by atoms with Gasteiger partial charge in [-0.2, -0.15) is 0 Å². The summed E-state index contributed by atoms with van der Waals surface area (Å²) in [5.41, 5.74) is 1.43. The molecule has 1 N–H and O–H groups in total. The molecule has 0 aliphatic heterocycles. The average molecular weight is 473 g/mol. The summed E-state index contributed by atoms with van der Waals surface area (Å²) in [7, 11) is 3.50. The molecule has 0 saturated heterocycles. The van der Waals surface area contributed by atoms with E-state index in [-0.39, 0.29) is 18.8 Å². The largest absolute Gasteiger partial charge is 0.490 e. The molecule has 1 fully saturated rings. The van der Waals surface area contributed by atoms with Crippen molar-refractivity contribution in [3.8, 4) is 17.0 Å². The van der Waals surface area contributed by atoms with E-state index >= 15 is 0 Å². The van der Waals surface area contributed by atoms with Crippen LogP contribution in [0.1, 0.15) is 58.6 Å². The van der Waals surface area contributed by atoms with Crippen molar-refractivity contribution in [3.63, 3.8) is 0 Å². The fraction of sp³-hybridized carbons (Fsp3) is 0.600. The van der Waals surface area contributed by atoms with E-state index in [0.29, 0.717) is 42.4 Å². The van der Waals surface area contributed by atoms with Gasteiger partial charge in [0.2, 0.25) is 0 Å². The third kappa shape index (κ3) is 6.27. The van der Waals surface area contributed by atoms with E-state index in [1.54, 1.807) is 30.6 Å². The van der Waals surface area contributed by atoms with Gasteiger partial charge in [-0.15, -0.1) is 5.10 Å². The summed E-state index contributed by atoms with van der Waals surface area (Å²) in [5, 5.41) is 17.9. The quantitative estimate of drug-likeness (QED) is 0.572. The van der Waals surface area contributed by atoms with E-state index < -0.39 is 11.4 Å². The molecule has 1 aromatic heterocycles. The zero-order valence-corrected chi connectivity index (χ0v) is 20.8. The van der Waals surface area contributed by atoms with Gasteiger partial charge in [-0.1, -0.05) is 19.1 Å². The molecular weight excluding hydrogens is 436 g/mol. The van der Waals surface area contributed by atoms with Crippen LogP contribution in [0.15, 0.2) is 24.3 Å². The van der Waals surface area contributed by atoms with Crippen LogP contribution in [0.4, 0.5) is 4.79 Å². The Morgan fingerprint density at radius 2 is 2.00 bits per heavy atom. The molecule has 2 atom stereocenters. The van der Waals surface area contributed by atoms with E-state index in [4.69, 9.17) is 9.47 Å². The van der Waals surface area contributed by atoms with E-state index in [1.807, 2.05) is 24.3 Å². The highest BCUT2D eigenvalue weighted by atomic mass is 16.6. The summed E-state index contributed by atoms with van der Waals surface area (Å²) < 4.78 is 13.2. The summed E-state index contributed by atoms with van der Waals surface area (Å²) in [4.78, 5) is 25.5. The van der Waals surface area contributed by atoms with E-state index in [0.717, 1.165) is 24.8 Å². The molecule has 3 rings (SSSR count). The van der Waals surface area contributed by atoms with Crippen molar-refractivity contribution in [1.82, 2.24) is 19.9 Å². The Hall–Kier alpha value is -3.10.